The summed E-state index contributed by atoms with van der Waals surface area (Å²) in [5.41, 5.74) is 2.04. The minimum atomic E-state index is -0.0856. The van der Waals surface area contributed by atoms with Crippen LogP contribution in [0.4, 0.5) is 0 Å². The summed E-state index contributed by atoms with van der Waals surface area (Å²) in [5, 5.41) is 5.84. The number of Topliss-reactive ketones (excluding diaryl/α,β-unsaturated/α-hetero) is 1. The fraction of sp³-hybridized carbons (Fsp3) is 0.158. The van der Waals surface area contributed by atoms with E-state index in [1.807, 2.05) is 24.3 Å². The second-order valence-electron chi connectivity index (χ2n) is 5.70. The van der Waals surface area contributed by atoms with Gasteiger partial charge in [0, 0.05) is 5.39 Å². The number of hydrogen-bond donors (Lipinski definition) is 0. The fourth-order valence-corrected chi connectivity index (χ4v) is 3.47. The standard InChI is InChI=1S/C19H16N4O3S/c1-25-12-7-8-17(26-2)14(9-12)16(24)10-27-19-21-18-13-5-3-4-6-15(13)20-11-23(18)22-19/h3-9,11H,10H2,1-2H3. The number of rotatable bonds is 6. The highest BCUT2D eigenvalue weighted by atomic mass is 32.2. The Kier molecular flexibility index (Phi) is 4.64. The Labute approximate surface area is 159 Å². The highest BCUT2D eigenvalue weighted by Gasteiger charge is 2.16. The van der Waals surface area contributed by atoms with Crippen molar-refractivity contribution in [2.45, 2.75) is 5.16 Å². The Bertz CT molecular complexity index is 1140. The van der Waals surface area contributed by atoms with Crippen LogP contribution in [0.1, 0.15) is 10.4 Å². The lowest BCUT2D eigenvalue weighted by Crippen LogP contribution is -2.05. The molecule has 7 nitrogen and oxygen atoms in total. The molecule has 0 fully saturated rings. The van der Waals surface area contributed by atoms with Gasteiger partial charge in [-0.3, -0.25) is 4.79 Å². The molecule has 8 heteroatoms. The van der Waals surface area contributed by atoms with Crippen LogP contribution in [-0.2, 0) is 0 Å². The average Bonchev–Trinajstić information content (AvgIpc) is 3.15. The van der Waals surface area contributed by atoms with Gasteiger partial charge in [-0.05, 0) is 30.3 Å². The lowest BCUT2D eigenvalue weighted by molar-refractivity contribution is 0.101. The molecule has 0 saturated heterocycles. The molecule has 0 atom stereocenters. The molecule has 0 unspecified atom stereocenters. The van der Waals surface area contributed by atoms with E-state index in [-0.39, 0.29) is 11.5 Å². The Hall–Kier alpha value is -3.13. The van der Waals surface area contributed by atoms with E-state index in [2.05, 4.69) is 15.1 Å². The van der Waals surface area contributed by atoms with E-state index >= 15 is 0 Å². The van der Waals surface area contributed by atoms with Crippen LogP contribution in [0.2, 0.25) is 0 Å². The van der Waals surface area contributed by atoms with E-state index in [0.717, 1.165) is 16.6 Å². The predicted molar refractivity (Wildman–Crippen MR) is 103 cm³/mol. The number of hydrogen-bond acceptors (Lipinski definition) is 7. The molecule has 0 spiro atoms. The van der Waals surface area contributed by atoms with Gasteiger partial charge in [0.05, 0.1) is 31.1 Å². The third kappa shape index (κ3) is 3.31. The van der Waals surface area contributed by atoms with Crippen molar-refractivity contribution in [1.82, 2.24) is 19.6 Å². The summed E-state index contributed by atoms with van der Waals surface area (Å²) in [7, 11) is 3.09. The molecule has 4 aromatic rings. The van der Waals surface area contributed by atoms with Crippen molar-refractivity contribution in [3.63, 3.8) is 0 Å². The summed E-state index contributed by atoms with van der Waals surface area (Å²) in [6.45, 7) is 0. The monoisotopic (exact) mass is 380 g/mol. The summed E-state index contributed by atoms with van der Waals surface area (Å²) in [4.78, 5) is 21.6. The molecule has 0 saturated carbocycles. The number of benzene rings is 2. The average molecular weight is 380 g/mol. The fourth-order valence-electron chi connectivity index (χ4n) is 2.76. The molecular weight excluding hydrogens is 364 g/mol. The Balaban J connectivity index is 1.58. The third-order valence-corrected chi connectivity index (χ3v) is 4.94. The predicted octanol–water partition coefficient (Wildman–Crippen LogP) is 3.27. The molecule has 27 heavy (non-hydrogen) atoms. The van der Waals surface area contributed by atoms with Gasteiger partial charge < -0.3 is 9.47 Å². The maximum absolute atomic E-state index is 12.7. The van der Waals surface area contributed by atoms with E-state index < -0.39 is 0 Å². The minimum Gasteiger partial charge on any atom is -0.497 e. The summed E-state index contributed by atoms with van der Waals surface area (Å²) in [6.07, 6.45) is 1.63. The highest BCUT2D eigenvalue weighted by Crippen LogP contribution is 2.27. The molecule has 136 valence electrons. The van der Waals surface area contributed by atoms with Crippen molar-refractivity contribution in [3.05, 3.63) is 54.4 Å². The smallest absolute Gasteiger partial charge is 0.209 e. The quantitative estimate of drug-likeness (QED) is 0.375. The molecule has 2 aromatic carbocycles. The van der Waals surface area contributed by atoms with Crippen molar-refractivity contribution in [3.8, 4) is 11.5 Å². The second-order valence-corrected chi connectivity index (χ2v) is 6.64. The maximum atomic E-state index is 12.7. The molecule has 4 rings (SSSR count). The minimum absolute atomic E-state index is 0.0856. The van der Waals surface area contributed by atoms with E-state index in [1.165, 1.54) is 18.9 Å². The number of aromatic nitrogens is 4. The molecular formula is C19H16N4O3S. The lowest BCUT2D eigenvalue weighted by atomic mass is 10.1. The molecule has 0 aliphatic rings. The molecule has 0 amide bonds. The van der Waals surface area contributed by atoms with Crippen molar-refractivity contribution >= 4 is 34.1 Å². The largest absolute Gasteiger partial charge is 0.497 e. The number of fused-ring (bicyclic) bond motifs is 3. The molecule has 2 aromatic heterocycles. The zero-order chi connectivity index (χ0) is 18.8. The van der Waals surface area contributed by atoms with Crippen molar-refractivity contribution in [2.24, 2.45) is 0 Å². The zero-order valence-electron chi connectivity index (χ0n) is 14.7. The first-order valence-corrected chi connectivity index (χ1v) is 9.16. The summed E-state index contributed by atoms with van der Waals surface area (Å²) < 4.78 is 12.1. The van der Waals surface area contributed by atoms with Crippen LogP contribution in [0.15, 0.2) is 53.9 Å². The third-order valence-electron chi connectivity index (χ3n) is 4.10. The molecule has 0 radical (unpaired) electrons. The SMILES string of the molecule is COc1ccc(OC)c(C(=O)CSc2nc3c4ccccc4ncn3n2)c1. The van der Waals surface area contributed by atoms with Gasteiger partial charge in [-0.2, -0.15) is 0 Å². The van der Waals surface area contributed by atoms with E-state index in [0.29, 0.717) is 22.2 Å². The summed E-state index contributed by atoms with van der Waals surface area (Å²) in [5.74, 6) is 1.22. The van der Waals surface area contributed by atoms with Crippen LogP contribution in [-0.4, -0.2) is 45.3 Å². The molecule has 0 N–H and O–H groups in total. The topological polar surface area (TPSA) is 78.6 Å². The lowest BCUT2D eigenvalue weighted by Gasteiger charge is -2.09. The van der Waals surface area contributed by atoms with Crippen LogP contribution in [0.5, 0.6) is 11.5 Å². The van der Waals surface area contributed by atoms with Crippen LogP contribution >= 0.6 is 11.8 Å². The molecule has 0 aliphatic carbocycles. The molecule has 0 bridgehead atoms. The van der Waals surface area contributed by atoms with Crippen LogP contribution in [0.3, 0.4) is 0 Å². The number of para-hydroxylation sites is 1. The Morgan fingerprint density at radius 1 is 1.15 bits per heavy atom. The van der Waals surface area contributed by atoms with Gasteiger partial charge in [-0.15, -0.1) is 5.10 Å². The van der Waals surface area contributed by atoms with Gasteiger partial charge >= 0.3 is 0 Å². The second kappa shape index (κ2) is 7.24. The van der Waals surface area contributed by atoms with E-state index in [4.69, 9.17) is 9.47 Å². The van der Waals surface area contributed by atoms with Crippen LogP contribution < -0.4 is 9.47 Å². The summed E-state index contributed by atoms with van der Waals surface area (Å²) in [6, 6.07) is 12.9. The summed E-state index contributed by atoms with van der Waals surface area (Å²) >= 11 is 1.27. The van der Waals surface area contributed by atoms with Crippen molar-refractivity contribution in [1.29, 1.82) is 0 Å². The number of carbonyl (C=O) groups is 1. The van der Waals surface area contributed by atoms with Gasteiger partial charge in [-0.1, -0.05) is 23.9 Å². The maximum Gasteiger partial charge on any atom is 0.209 e. The van der Waals surface area contributed by atoms with Crippen LogP contribution in [0.25, 0.3) is 16.6 Å². The number of ketones is 1. The first-order valence-electron chi connectivity index (χ1n) is 8.18. The van der Waals surface area contributed by atoms with Crippen LogP contribution in [0, 0.1) is 0 Å². The van der Waals surface area contributed by atoms with E-state index in [9.17, 15) is 4.79 Å². The Morgan fingerprint density at radius 3 is 2.81 bits per heavy atom. The van der Waals surface area contributed by atoms with Crippen molar-refractivity contribution < 1.29 is 14.3 Å². The van der Waals surface area contributed by atoms with E-state index in [1.54, 1.807) is 36.2 Å². The normalized spacial score (nSPS) is 11.0. The van der Waals surface area contributed by atoms with Gasteiger partial charge in [0.25, 0.3) is 0 Å². The number of thioether (sulfide) groups is 1. The Morgan fingerprint density at radius 2 is 2.00 bits per heavy atom. The number of carbonyl (C=O) groups excluding carboxylic acids is 1. The molecule has 0 aliphatic heterocycles. The van der Waals surface area contributed by atoms with Gasteiger partial charge in [-0.25, -0.2) is 14.5 Å². The number of methoxy groups -OCH3 is 2. The molecule has 2 heterocycles. The first kappa shape index (κ1) is 17.3. The van der Waals surface area contributed by atoms with Gasteiger partial charge in [0.2, 0.25) is 5.16 Å². The number of ether oxygens (including phenoxy) is 2. The van der Waals surface area contributed by atoms with Gasteiger partial charge in [0.15, 0.2) is 11.4 Å². The first-order chi connectivity index (χ1) is 13.2. The van der Waals surface area contributed by atoms with Gasteiger partial charge in [0.1, 0.15) is 17.8 Å². The highest BCUT2D eigenvalue weighted by molar-refractivity contribution is 7.99. The number of nitrogens with zero attached hydrogens (tertiary/aromatic N) is 4. The van der Waals surface area contributed by atoms with Crippen molar-refractivity contribution in [2.75, 3.05) is 20.0 Å². The zero-order valence-corrected chi connectivity index (χ0v) is 15.6.